The maximum atomic E-state index is 13.5. The number of aliphatic hydroxyl groups is 1. The number of carbonyl (C=O) groups is 1. The van der Waals surface area contributed by atoms with E-state index >= 15 is 0 Å². The molecule has 0 aromatic carbocycles. The second kappa shape index (κ2) is 7.55. The number of thiophene rings is 1. The van der Waals surface area contributed by atoms with E-state index in [0.29, 0.717) is 6.54 Å². The summed E-state index contributed by atoms with van der Waals surface area (Å²) < 4.78 is 2.10. The number of amides is 1. The fourth-order valence-electron chi connectivity index (χ4n) is 4.22. The zero-order valence-corrected chi connectivity index (χ0v) is 16.2. The Morgan fingerprint density at radius 2 is 2.00 bits per heavy atom. The van der Waals surface area contributed by atoms with E-state index in [0.717, 1.165) is 43.0 Å². The minimum absolute atomic E-state index is 0.175. The molecule has 1 atom stereocenters. The zero-order valence-electron chi connectivity index (χ0n) is 15.4. The number of β-amino-alcohol motifs (C(OH)–C–C–N with tert-alkyl or cyclic N) is 1. The first-order chi connectivity index (χ1) is 12.7. The van der Waals surface area contributed by atoms with Gasteiger partial charge in [0.2, 0.25) is 0 Å². The third kappa shape index (κ3) is 3.21. The van der Waals surface area contributed by atoms with Gasteiger partial charge in [0.05, 0.1) is 12.2 Å². The predicted octanol–water partition coefficient (Wildman–Crippen LogP) is 2.56. The Kier molecular flexibility index (Phi) is 5.16. The van der Waals surface area contributed by atoms with Crippen LogP contribution < -0.4 is 0 Å². The molecule has 1 fully saturated rings. The minimum atomic E-state index is 0.175. The molecule has 1 saturated heterocycles. The van der Waals surface area contributed by atoms with Gasteiger partial charge in [-0.05, 0) is 50.3 Å². The molecule has 6 heteroatoms. The normalized spacial score (nSPS) is 21.0. The predicted molar refractivity (Wildman–Crippen MR) is 104 cm³/mol. The number of hydrogen-bond donors (Lipinski definition) is 1. The standard InChI is InChI=1S/C20H27N3O2S/c1-15-14-23(11-10-21(15)12-13-24)19(25)18-16-6-2-3-7-17(16)26-20(18)22-8-4-5-9-22/h4-5,8-9,15,24H,2-3,6-7,10-14H2,1H3. The SMILES string of the molecule is CC1CN(C(=O)c2c(-n3cccc3)sc3c2CCCC3)CCN1CCO. The van der Waals surface area contributed by atoms with Gasteiger partial charge in [0.15, 0.2) is 0 Å². The summed E-state index contributed by atoms with van der Waals surface area (Å²) in [4.78, 5) is 19.2. The lowest BCUT2D eigenvalue weighted by atomic mass is 9.94. The van der Waals surface area contributed by atoms with Crippen molar-refractivity contribution in [2.75, 3.05) is 32.8 Å². The molecule has 0 bridgehead atoms. The molecule has 1 unspecified atom stereocenters. The number of fused-ring (bicyclic) bond motifs is 1. The molecule has 2 aromatic heterocycles. The van der Waals surface area contributed by atoms with Crippen molar-refractivity contribution < 1.29 is 9.90 Å². The number of piperazine rings is 1. The highest BCUT2D eigenvalue weighted by Gasteiger charge is 2.32. The van der Waals surface area contributed by atoms with Crippen LogP contribution in [0.2, 0.25) is 0 Å². The Bertz CT molecular complexity index is 768. The van der Waals surface area contributed by atoms with E-state index in [1.807, 2.05) is 29.4 Å². The van der Waals surface area contributed by atoms with Crippen LogP contribution in [0.5, 0.6) is 0 Å². The molecule has 2 aromatic rings. The third-order valence-corrected chi connectivity index (χ3v) is 6.95. The van der Waals surface area contributed by atoms with E-state index in [4.69, 9.17) is 0 Å². The van der Waals surface area contributed by atoms with Crippen molar-refractivity contribution in [3.8, 4) is 5.00 Å². The first-order valence-corrected chi connectivity index (χ1v) is 10.4. The molecule has 1 N–H and O–H groups in total. The van der Waals surface area contributed by atoms with Gasteiger partial charge in [0.1, 0.15) is 5.00 Å². The summed E-state index contributed by atoms with van der Waals surface area (Å²) in [5, 5.41) is 10.3. The van der Waals surface area contributed by atoms with E-state index in [2.05, 4.69) is 16.4 Å². The Morgan fingerprint density at radius 1 is 1.23 bits per heavy atom. The fraction of sp³-hybridized carbons (Fsp3) is 0.550. The van der Waals surface area contributed by atoms with Crippen LogP contribution in [0.15, 0.2) is 24.5 Å². The smallest absolute Gasteiger partial charge is 0.257 e. The summed E-state index contributed by atoms with van der Waals surface area (Å²) in [5.41, 5.74) is 2.23. The molecule has 0 spiro atoms. The maximum Gasteiger partial charge on any atom is 0.257 e. The highest BCUT2D eigenvalue weighted by Crippen LogP contribution is 2.37. The van der Waals surface area contributed by atoms with Gasteiger partial charge in [-0.15, -0.1) is 11.3 Å². The molecule has 5 nitrogen and oxygen atoms in total. The number of aryl methyl sites for hydroxylation is 1. The summed E-state index contributed by atoms with van der Waals surface area (Å²) in [5.74, 6) is 0.184. The monoisotopic (exact) mass is 373 g/mol. The minimum Gasteiger partial charge on any atom is -0.395 e. The zero-order chi connectivity index (χ0) is 18.1. The van der Waals surface area contributed by atoms with E-state index in [1.165, 1.54) is 23.3 Å². The van der Waals surface area contributed by atoms with Gasteiger partial charge in [-0.25, -0.2) is 0 Å². The van der Waals surface area contributed by atoms with Crippen LogP contribution in [-0.2, 0) is 12.8 Å². The Labute approximate surface area is 158 Å². The van der Waals surface area contributed by atoms with Crippen molar-refractivity contribution in [3.63, 3.8) is 0 Å². The number of hydrogen-bond acceptors (Lipinski definition) is 4. The molecule has 1 amide bonds. The number of aromatic nitrogens is 1. The van der Waals surface area contributed by atoms with Crippen molar-refractivity contribution in [2.45, 2.75) is 38.6 Å². The lowest BCUT2D eigenvalue weighted by molar-refractivity contribution is 0.0469. The first kappa shape index (κ1) is 17.8. The van der Waals surface area contributed by atoms with Crippen LogP contribution in [0.1, 0.15) is 40.6 Å². The number of rotatable bonds is 4. The van der Waals surface area contributed by atoms with E-state index in [9.17, 15) is 9.90 Å². The molecule has 0 radical (unpaired) electrons. The summed E-state index contributed by atoms with van der Waals surface area (Å²) in [6, 6.07) is 4.31. The van der Waals surface area contributed by atoms with Gasteiger partial charge in [-0.2, -0.15) is 0 Å². The molecule has 0 saturated carbocycles. The van der Waals surface area contributed by atoms with Crippen LogP contribution >= 0.6 is 11.3 Å². The molecule has 26 heavy (non-hydrogen) atoms. The maximum absolute atomic E-state index is 13.5. The fourth-order valence-corrected chi connectivity index (χ4v) is 5.57. The molecule has 3 heterocycles. The van der Waals surface area contributed by atoms with Crippen molar-refractivity contribution in [1.82, 2.24) is 14.4 Å². The molecule has 140 valence electrons. The van der Waals surface area contributed by atoms with E-state index in [-0.39, 0.29) is 18.6 Å². The third-order valence-electron chi connectivity index (χ3n) is 5.65. The summed E-state index contributed by atoms with van der Waals surface area (Å²) in [7, 11) is 0. The molecule has 1 aliphatic heterocycles. The van der Waals surface area contributed by atoms with Crippen LogP contribution in [0, 0.1) is 0 Å². The van der Waals surface area contributed by atoms with Gasteiger partial charge in [0, 0.05) is 49.5 Å². The van der Waals surface area contributed by atoms with Crippen LogP contribution in [-0.4, -0.2) is 64.2 Å². The Balaban J connectivity index is 1.65. The first-order valence-electron chi connectivity index (χ1n) is 9.61. The number of aliphatic hydroxyl groups excluding tert-OH is 1. The van der Waals surface area contributed by atoms with Gasteiger partial charge >= 0.3 is 0 Å². The quantitative estimate of drug-likeness (QED) is 0.896. The van der Waals surface area contributed by atoms with Crippen molar-refractivity contribution in [2.24, 2.45) is 0 Å². The largest absolute Gasteiger partial charge is 0.395 e. The molecule has 2 aliphatic rings. The molecule has 1 aliphatic carbocycles. The van der Waals surface area contributed by atoms with E-state index < -0.39 is 0 Å². The van der Waals surface area contributed by atoms with Crippen molar-refractivity contribution in [3.05, 3.63) is 40.5 Å². The average Bonchev–Trinajstić information content (AvgIpc) is 3.30. The van der Waals surface area contributed by atoms with Crippen LogP contribution in [0.4, 0.5) is 0 Å². The summed E-state index contributed by atoms with van der Waals surface area (Å²) in [6.45, 7) is 5.30. The lowest BCUT2D eigenvalue weighted by Crippen LogP contribution is -2.54. The number of carbonyl (C=O) groups excluding carboxylic acids is 1. The van der Waals surface area contributed by atoms with E-state index in [1.54, 1.807) is 11.3 Å². The van der Waals surface area contributed by atoms with Gasteiger partial charge in [-0.1, -0.05) is 0 Å². The Hall–Kier alpha value is -1.63. The summed E-state index contributed by atoms with van der Waals surface area (Å²) >= 11 is 1.79. The van der Waals surface area contributed by atoms with Gasteiger partial charge < -0.3 is 14.6 Å². The Morgan fingerprint density at radius 3 is 2.73 bits per heavy atom. The molecular formula is C20H27N3O2S. The highest BCUT2D eigenvalue weighted by atomic mass is 32.1. The average molecular weight is 374 g/mol. The highest BCUT2D eigenvalue weighted by molar-refractivity contribution is 7.15. The molecular weight excluding hydrogens is 346 g/mol. The summed E-state index contributed by atoms with van der Waals surface area (Å²) in [6.07, 6.45) is 8.60. The second-order valence-electron chi connectivity index (χ2n) is 7.34. The van der Waals surface area contributed by atoms with Gasteiger partial charge in [0.25, 0.3) is 5.91 Å². The number of nitrogens with zero attached hydrogens (tertiary/aromatic N) is 3. The second-order valence-corrected chi connectivity index (χ2v) is 8.42. The van der Waals surface area contributed by atoms with Crippen molar-refractivity contribution in [1.29, 1.82) is 0 Å². The lowest BCUT2D eigenvalue weighted by Gasteiger charge is -2.39. The van der Waals surface area contributed by atoms with Crippen molar-refractivity contribution >= 4 is 17.2 Å². The van der Waals surface area contributed by atoms with Crippen LogP contribution in [0.3, 0.4) is 0 Å². The molecule has 4 rings (SSSR count). The topological polar surface area (TPSA) is 48.7 Å². The van der Waals surface area contributed by atoms with Crippen LogP contribution in [0.25, 0.3) is 5.00 Å². The van der Waals surface area contributed by atoms with Gasteiger partial charge in [-0.3, -0.25) is 9.69 Å².